The summed E-state index contributed by atoms with van der Waals surface area (Å²) in [6.45, 7) is 3.90. The van der Waals surface area contributed by atoms with E-state index in [4.69, 9.17) is 4.98 Å². The molecule has 4 heterocycles. The largest absolute Gasteiger partial charge is 0.275 e. The van der Waals surface area contributed by atoms with Gasteiger partial charge >= 0.3 is 0 Å². The fourth-order valence-electron chi connectivity index (χ4n) is 3.14. The van der Waals surface area contributed by atoms with E-state index < -0.39 is 17.3 Å². The van der Waals surface area contributed by atoms with Crippen LogP contribution in [0, 0.1) is 23.2 Å². The van der Waals surface area contributed by atoms with Crippen molar-refractivity contribution < 1.29 is 8.78 Å². The molecule has 0 saturated heterocycles. The highest BCUT2D eigenvalue weighted by Crippen LogP contribution is 2.31. The van der Waals surface area contributed by atoms with E-state index >= 15 is 0 Å². The molecule has 0 saturated carbocycles. The lowest BCUT2D eigenvalue weighted by atomic mass is 9.84. The Hall–Kier alpha value is -3.99. The Kier molecular flexibility index (Phi) is 4.80. The van der Waals surface area contributed by atoms with Crippen LogP contribution in [0.25, 0.3) is 17.1 Å². The minimum atomic E-state index is -0.915. The summed E-state index contributed by atoms with van der Waals surface area (Å²) in [4.78, 5) is 16.5. The average Bonchev–Trinajstić information content (AvgIpc) is 3.23. The highest BCUT2D eigenvalue weighted by atomic mass is 19.1. The summed E-state index contributed by atoms with van der Waals surface area (Å²) in [5, 5.41) is 9.22. The van der Waals surface area contributed by atoms with Crippen LogP contribution in [-0.2, 0) is 5.41 Å². The van der Waals surface area contributed by atoms with Gasteiger partial charge in [0.2, 0.25) is 17.7 Å². The van der Waals surface area contributed by atoms with Crippen molar-refractivity contribution in [3.05, 3.63) is 90.0 Å². The molecule has 0 atom stereocenters. The summed E-state index contributed by atoms with van der Waals surface area (Å²) in [5.74, 6) is -1.01. The van der Waals surface area contributed by atoms with E-state index in [0.717, 1.165) is 6.07 Å². The van der Waals surface area contributed by atoms with Crippen LogP contribution >= 0.6 is 0 Å². The molecule has 148 valence electrons. The van der Waals surface area contributed by atoms with E-state index in [-0.39, 0.29) is 11.4 Å². The molecule has 0 aliphatic carbocycles. The molecular weight excluding hydrogens is 386 g/mol. The zero-order chi connectivity index (χ0) is 21.3. The summed E-state index contributed by atoms with van der Waals surface area (Å²) < 4.78 is 28.9. The lowest BCUT2D eigenvalue weighted by molar-refractivity contribution is 0.514. The molecule has 0 radical (unpaired) electrons. The molecule has 0 aromatic carbocycles. The van der Waals surface area contributed by atoms with Gasteiger partial charge in [0.05, 0.1) is 22.6 Å². The second-order valence-electron chi connectivity index (χ2n) is 7.12. The summed E-state index contributed by atoms with van der Waals surface area (Å²) in [5.41, 5.74) is 1.19. The second kappa shape index (κ2) is 7.44. The van der Waals surface area contributed by atoms with Gasteiger partial charge < -0.3 is 0 Å². The number of imidazole rings is 1. The highest BCUT2D eigenvalue weighted by molar-refractivity contribution is 5.59. The number of hydrogen-bond donors (Lipinski definition) is 0. The fraction of sp³-hybridized carbons (Fsp3) is 0.136. The average molecular weight is 402 g/mol. The molecule has 8 heteroatoms. The lowest BCUT2D eigenvalue weighted by Gasteiger charge is -2.24. The third kappa shape index (κ3) is 3.42. The van der Waals surface area contributed by atoms with Crippen molar-refractivity contribution in [1.82, 2.24) is 24.5 Å². The monoisotopic (exact) mass is 402 g/mol. The Morgan fingerprint density at radius 1 is 0.933 bits per heavy atom. The summed E-state index contributed by atoms with van der Waals surface area (Å²) >= 11 is 0. The molecule has 4 aromatic rings. The Morgan fingerprint density at radius 3 is 2.40 bits per heavy atom. The molecule has 0 aliphatic rings. The van der Waals surface area contributed by atoms with Gasteiger partial charge in [-0.05, 0) is 50.2 Å². The zero-order valence-electron chi connectivity index (χ0n) is 16.2. The topological polar surface area (TPSA) is 80.3 Å². The number of hydrogen-bond acceptors (Lipinski definition) is 5. The number of nitrogens with zero attached hydrogens (tertiary/aromatic N) is 6. The molecule has 6 nitrogen and oxygen atoms in total. The van der Waals surface area contributed by atoms with Crippen molar-refractivity contribution in [3.8, 4) is 23.1 Å². The molecular formula is C22H16F2N6. The molecule has 4 rings (SSSR count). The maximum Gasteiger partial charge on any atom is 0.224 e. The van der Waals surface area contributed by atoms with Gasteiger partial charge in [0.1, 0.15) is 11.9 Å². The molecule has 0 N–H and O–H groups in total. The standard InChI is InChI=1S/C22H16F2N6/c1-22(2,17-7-4-8-19(28-17)30-12-11-26-20(30)13-25)16-6-3-5-15(27-16)14-9-10-18(23)29-21(14)24/h3-12H,1-2H3. The molecule has 30 heavy (non-hydrogen) atoms. The van der Waals surface area contributed by atoms with E-state index in [0.29, 0.717) is 22.9 Å². The normalized spacial score (nSPS) is 11.3. The molecule has 0 bridgehead atoms. The first kappa shape index (κ1) is 19.3. The predicted molar refractivity (Wildman–Crippen MR) is 106 cm³/mol. The number of pyridine rings is 3. The van der Waals surface area contributed by atoms with E-state index in [1.165, 1.54) is 12.3 Å². The van der Waals surface area contributed by atoms with Gasteiger partial charge in [0, 0.05) is 17.8 Å². The van der Waals surface area contributed by atoms with Crippen LogP contribution in [0.2, 0.25) is 0 Å². The van der Waals surface area contributed by atoms with E-state index in [2.05, 4.69) is 15.0 Å². The van der Waals surface area contributed by atoms with Crippen molar-refractivity contribution in [3.63, 3.8) is 0 Å². The highest BCUT2D eigenvalue weighted by Gasteiger charge is 2.27. The Morgan fingerprint density at radius 2 is 1.67 bits per heavy atom. The van der Waals surface area contributed by atoms with Crippen LogP contribution in [-0.4, -0.2) is 24.5 Å². The maximum absolute atomic E-state index is 14.1. The quantitative estimate of drug-likeness (QED) is 0.478. The number of halogens is 2. The number of rotatable bonds is 4. The lowest BCUT2D eigenvalue weighted by Crippen LogP contribution is -2.23. The van der Waals surface area contributed by atoms with Crippen LogP contribution < -0.4 is 0 Å². The molecule has 4 aromatic heterocycles. The smallest absolute Gasteiger partial charge is 0.224 e. The van der Waals surface area contributed by atoms with Crippen LogP contribution in [0.1, 0.15) is 31.1 Å². The van der Waals surface area contributed by atoms with Crippen molar-refractivity contribution >= 4 is 0 Å². The van der Waals surface area contributed by atoms with Crippen LogP contribution in [0.3, 0.4) is 0 Å². The maximum atomic E-state index is 14.1. The Labute approximate surface area is 171 Å². The minimum absolute atomic E-state index is 0.118. The molecule has 0 amide bonds. The summed E-state index contributed by atoms with van der Waals surface area (Å²) in [6, 6.07) is 15.2. The fourth-order valence-corrected chi connectivity index (χ4v) is 3.14. The van der Waals surface area contributed by atoms with Crippen molar-refractivity contribution in [2.45, 2.75) is 19.3 Å². The van der Waals surface area contributed by atoms with Gasteiger partial charge in [-0.2, -0.15) is 19.0 Å². The van der Waals surface area contributed by atoms with Gasteiger partial charge in [0.15, 0.2) is 0 Å². The number of nitriles is 1. The first-order chi connectivity index (χ1) is 14.4. The van der Waals surface area contributed by atoms with E-state index in [1.807, 2.05) is 38.1 Å². The molecule has 0 unspecified atom stereocenters. The van der Waals surface area contributed by atoms with Gasteiger partial charge in [-0.15, -0.1) is 0 Å². The minimum Gasteiger partial charge on any atom is -0.275 e. The third-order valence-corrected chi connectivity index (χ3v) is 4.84. The number of aromatic nitrogens is 5. The van der Waals surface area contributed by atoms with Gasteiger partial charge in [0.25, 0.3) is 0 Å². The summed E-state index contributed by atoms with van der Waals surface area (Å²) in [7, 11) is 0. The zero-order valence-corrected chi connectivity index (χ0v) is 16.2. The Balaban J connectivity index is 1.76. The van der Waals surface area contributed by atoms with Crippen LogP contribution in [0.15, 0.2) is 60.9 Å². The van der Waals surface area contributed by atoms with Gasteiger partial charge in [-0.3, -0.25) is 9.55 Å². The van der Waals surface area contributed by atoms with Crippen molar-refractivity contribution in [2.24, 2.45) is 0 Å². The second-order valence-corrected chi connectivity index (χ2v) is 7.12. The third-order valence-electron chi connectivity index (χ3n) is 4.84. The van der Waals surface area contributed by atoms with Gasteiger partial charge in [-0.25, -0.2) is 9.97 Å². The van der Waals surface area contributed by atoms with Crippen molar-refractivity contribution in [1.29, 1.82) is 5.26 Å². The molecule has 0 aliphatic heterocycles. The van der Waals surface area contributed by atoms with Crippen molar-refractivity contribution in [2.75, 3.05) is 0 Å². The van der Waals surface area contributed by atoms with E-state index in [9.17, 15) is 14.0 Å². The predicted octanol–water partition coefficient (Wildman–Crippen LogP) is 4.20. The van der Waals surface area contributed by atoms with Gasteiger partial charge in [-0.1, -0.05) is 12.1 Å². The molecule has 0 spiro atoms. The first-order valence-corrected chi connectivity index (χ1v) is 9.11. The van der Waals surface area contributed by atoms with E-state index in [1.54, 1.807) is 29.0 Å². The summed E-state index contributed by atoms with van der Waals surface area (Å²) in [6.07, 6.45) is 3.20. The van der Waals surface area contributed by atoms with Crippen LogP contribution in [0.4, 0.5) is 8.78 Å². The SMILES string of the molecule is CC(C)(c1cccc(-c2ccc(F)nc2F)n1)c1cccc(-n2ccnc2C#N)n1. The first-order valence-electron chi connectivity index (χ1n) is 9.11. The molecule has 0 fully saturated rings. The Bertz CT molecular complexity index is 1270. The van der Waals surface area contributed by atoms with Crippen LogP contribution in [0.5, 0.6) is 0 Å².